The van der Waals surface area contributed by atoms with E-state index in [9.17, 15) is 0 Å². The molecule has 1 aromatic carbocycles. The van der Waals surface area contributed by atoms with E-state index in [0.29, 0.717) is 17.6 Å². The summed E-state index contributed by atoms with van der Waals surface area (Å²) in [6.45, 7) is 0.319. The highest BCUT2D eigenvalue weighted by molar-refractivity contribution is 7.09. The van der Waals surface area contributed by atoms with Crippen LogP contribution < -0.4 is 15.2 Å². The number of hydrogen-bond donors (Lipinski definition) is 1. The van der Waals surface area contributed by atoms with Crippen LogP contribution in [0.5, 0.6) is 11.5 Å². The summed E-state index contributed by atoms with van der Waals surface area (Å²) < 4.78 is 14.5. The second-order valence-corrected chi connectivity index (χ2v) is 3.80. The van der Waals surface area contributed by atoms with Gasteiger partial charge < -0.3 is 15.2 Å². The summed E-state index contributed by atoms with van der Waals surface area (Å²) in [6, 6.07) is 7.32. The van der Waals surface area contributed by atoms with Crippen LogP contribution in [0.3, 0.4) is 0 Å². The minimum atomic E-state index is 0.319. The number of nitrogen functional groups attached to an aromatic ring is 1. The van der Waals surface area contributed by atoms with Crippen LogP contribution in [0.15, 0.2) is 24.3 Å². The third-order valence-electron chi connectivity index (χ3n) is 1.91. The van der Waals surface area contributed by atoms with Crippen molar-refractivity contribution in [1.82, 2.24) is 9.36 Å². The van der Waals surface area contributed by atoms with Gasteiger partial charge in [-0.25, -0.2) is 4.98 Å². The van der Waals surface area contributed by atoms with E-state index in [1.807, 2.05) is 24.3 Å². The Hall–Kier alpha value is -1.82. The minimum Gasteiger partial charge on any atom is -0.497 e. The fourth-order valence-corrected chi connectivity index (χ4v) is 1.58. The van der Waals surface area contributed by atoms with Crippen molar-refractivity contribution < 1.29 is 9.47 Å². The molecule has 0 bridgehead atoms. The minimum absolute atomic E-state index is 0.319. The second-order valence-electron chi connectivity index (χ2n) is 3.01. The fraction of sp³-hybridized carbons (Fsp3) is 0.200. The van der Waals surface area contributed by atoms with E-state index in [-0.39, 0.29) is 0 Å². The number of benzene rings is 1. The summed E-state index contributed by atoms with van der Waals surface area (Å²) in [5.41, 5.74) is 5.46. The summed E-state index contributed by atoms with van der Waals surface area (Å²) in [7, 11) is 1.62. The highest BCUT2D eigenvalue weighted by Gasteiger charge is 2.02. The molecule has 0 aliphatic heterocycles. The highest BCUT2D eigenvalue weighted by Crippen LogP contribution is 2.18. The van der Waals surface area contributed by atoms with Gasteiger partial charge in [0.25, 0.3) is 0 Å². The normalized spacial score (nSPS) is 10.1. The molecule has 0 radical (unpaired) electrons. The Kier molecular flexibility index (Phi) is 3.21. The molecule has 1 heterocycles. The molecule has 0 saturated heterocycles. The zero-order valence-electron chi connectivity index (χ0n) is 8.71. The lowest BCUT2D eigenvalue weighted by atomic mass is 10.3. The Balaban J connectivity index is 1.94. The van der Waals surface area contributed by atoms with E-state index >= 15 is 0 Å². The van der Waals surface area contributed by atoms with Crippen molar-refractivity contribution in [2.45, 2.75) is 6.61 Å². The Morgan fingerprint density at radius 3 is 2.50 bits per heavy atom. The van der Waals surface area contributed by atoms with Gasteiger partial charge in [-0.05, 0) is 24.3 Å². The predicted molar refractivity (Wildman–Crippen MR) is 61.6 cm³/mol. The van der Waals surface area contributed by atoms with Crippen LogP contribution in [0.25, 0.3) is 0 Å². The molecule has 0 unspecified atom stereocenters. The summed E-state index contributed by atoms with van der Waals surface area (Å²) in [5, 5.41) is 0.452. The van der Waals surface area contributed by atoms with Crippen molar-refractivity contribution in [3.8, 4) is 11.5 Å². The highest BCUT2D eigenvalue weighted by atomic mass is 32.1. The van der Waals surface area contributed by atoms with Crippen molar-refractivity contribution in [2.75, 3.05) is 12.8 Å². The van der Waals surface area contributed by atoms with Crippen molar-refractivity contribution in [1.29, 1.82) is 0 Å². The van der Waals surface area contributed by atoms with Gasteiger partial charge in [-0.3, -0.25) is 0 Å². The van der Waals surface area contributed by atoms with E-state index in [0.717, 1.165) is 23.0 Å². The van der Waals surface area contributed by atoms with Gasteiger partial charge in [0, 0.05) is 11.5 Å². The van der Waals surface area contributed by atoms with Crippen LogP contribution in [0.2, 0.25) is 0 Å². The molecule has 0 aliphatic rings. The Morgan fingerprint density at radius 2 is 1.94 bits per heavy atom. The van der Waals surface area contributed by atoms with Gasteiger partial charge >= 0.3 is 0 Å². The Labute approximate surface area is 97.0 Å². The SMILES string of the molecule is COc1ccc(OCc2nsc(N)n2)cc1. The summed E-state index contributed by atoms with van der Waals surface area (Å²) in [4.78, 5) is 3.99. The topological polar surface area (TPSA) is 70.3 Å². The molecule has 84 valence electrons. The molecule has 0 fully saturated rings. The molecule has 6 heteroatoms. The number of rotatable bonds is 4. The van der Waals surface area contributed by atoms with E-state index in [2.05, 4.69) is 9.36 Å². The van der Waals surface area contributed by atoms with Crippen LogP contribution in [-0.4, -0.2) is 16.5 Å². The van der Waals surface area contributed by atoms with Gasteiger partial charge in [0.1, 0.15) is 18.1 Å². The number of anilines is 1. The van der Waals surface area contributed by atoms with Gasteiger partial charge in [-0.1, -0.05) is 0 Å². The molecule has 2 rings (SSSR count). The maximum atomic E-state index is 5.48. The quantitative estimate of drug-likeness (QED) is 0.876. The first kappa shape index (κ1) is 10.7. The molecule has 2 aromatic rings. The van der Waals surface area contributed by atoms with Crippen LogP contribution in [0.1, 0.15) is 5.82 Å². The lowest BCUT2D eigenvalue weighted by molar-refractivity contribution is 0.297. The number of methoxy groups -OCH3 is 1. The van der Waals surface area contributed by atoms with Crippen LogP contribution >= 0.6 is 11.5 Å². The molecular formula is C10H11N3O2S. The molecule has 0 saturated carbocycles. The molecule has 0 atom stereocenters. The maximum absolute atomic E-state index is 5.48. The van der Waals surface area contributed by atoms with Gasteiger partial charge in [-0.2, -0.15) is 4.37 Å². The molecule has 0 amide bonds. The first-order valence-electron chi connectivity index (χ1n) is 4.63. The number of aromatic nitrogens is 2. The zero-order chi connectivity index (χ0) is 11.4. The number of ether oxygens (including phenoxy) is 2. The van der Waals surface area contributed by atoms with Crippen molar-refractivity contribution in [3.63, 3.8) is 0 Å². The summed E-state index contributed by atoms with van der Waals surface area (Å²) >= 11 is 1.16. The van der Waals surface area contributed by atoms with Gasteiger partial charge in [0.05, 0.1) is 7.11 Å². The lowest BCUT2D eigenvalue weighted by Gasteiger charge is -2.04. The smallest absolute Gasteiger partial charge is 0.200 e. The molecule has 1 aromatic heterocycles. The summed E-state index contributed by atoms with van der Waals surface area (Å²) in [6.07, 6.45) is 0. The third-order valence-corrected chi connectivity index (χ3v) is 2.49. The average Bonchev–Trinajstić information content (AvgIpc) is 2.73. The van der Waals surface area contributed by atoms with E-state index in [4.69, 9.17) is 15.2 Å². The van der Waals surface area contributed by atoms with Crippen molar-refractivity contribution in [2.24, 2.45) is 0 Å². The third kappa shape index (κ3) is 2.60. The van der Waals surface area contributed by atoms with Gasteiger partial charge in [0.15, 0.2) is 11.0 Å². The standard InChI is InChI=1S/C10H11N3O2S/c1-14-7-2-4-8(5-3-7)15-6-9-12-10(11)16-13-9/h2-5H,6H2,1H3,(H2,11,12,13). The van der Waals surface area contributed by atoms with Gasteiger partial charge in [-0.15, -0.1) is 0 Å². The van der Waals surface area contributed by atoms with Crippen molar-refractivity contribution >= 4 is 16.7 Å². The van der Waals surface area contributed by atoms with Gasteiger partial charge in [0.2, 0.25) is 0 Å². The van der Waals surface area contributed by atoms with E-state index in [1.165, 1.54) is 0 Å². The predicted octanol–water partition coefficient (Wildman–Crippen LogP) is 1.71. The lowest BCUT2D eigenvalue weighted by Crippen LogP contribution is -1.97. The molecular weight excluding hydrogens is 226 g/mol. The van der Waals surface area contributed by atoms with E-state index in [1.54, 1.807) is 7.11 Å². The summed E-state index contributed by atoms with van der Waals surface area (Å²) in [5.74, 6) is 2.14. The molecule has 0 spiro atoms. The largest absolute Gasteiger partial charge is 0.497 e. The monoisotopic (exact) mass is 237 g/mol. The Bertz CT molecular complexity index is 455. The second kappa shape index (κ2) is 4.80. The number of nitrogens with zero attached hydrogens (tertiary/aromatic N) is 2. The fourth-order valence-electron chi connectivity index (χ4n) is 1.15. The molecule has 0 aliphatic carbocycles. The zero-order valence-corrected chi connectivity index (χ0v) is 9.53. The maximum Gasteiger partial charge on any atom is 0.200 e. The average molecular weight is 237 g/mol. The van der Waals surface area contributed by atoms with Crippen LogP contribution in [0.4, 0.5) is 5.13 Å². The van der Waals surface area contributed by atoms with E-state index < -0.39 is 0 Å². The Morgan fingerprint density at radius 1 is 1.25 bits per heavy atom. The molecule has 5 nitrogen and oxygen atoms in total. The molecule has 2 N–H and O–H groups in total. The first-order chi connectivity index (χ1) is 7.78. The first-order valence-corrected chi connectivity index (χ1v) is 5.40. The van der Waals surface area contributed by atoms with Crippen LogP contribution in [-0.2, 0) is 6.61 Å². The molecule has 16 heavy (non-hydrogen) atoms. The van der Waals surface area contributed by atoms with Crippen molar-refractivity contribution in [3.05, 3.63) is 30.1 Å². The van der Waals surface area contributed by atoms with Crippen LogP contribution in [0, 0.1) is 0 Å². The number of hydrogen-bond acceptors (Lipinski definition) is 6. The number of nitrogens with two attached hydrogens (primary N) is 1.